The molecule has 0 saturated carbocycles. The van der Waals surface area contributed by atoms with Gasteiger partial charge in [0.05, 0.1) is 23.1 Å². The van der Waals surface area contributed by atoms with Gasteiger partial charge in [0.15, 0.2) is 5.13 Å². The van der Waals surface area contributed by atoms with Crippen LogP contribution in [-0.2, 0) is 22.6 Å². The summed E-state index contributed by atoms with van der Waals surface area (Å²) in [6.07, 6.45) is 2.28. The summed E-state index contributed by atoms with van der Waals surface area (Å²) in [6, 6.07) is 17.5. The molecular formula is C24H23N5O2S. The lowest BCUT2D eigenvalue weighted by Crippen LogP contribution is -2.30. The molecule has 0 aliphatic carbocycles. The number of anilines is 1. The van der Waals surface area contributed by atoms with Gasteiger partial charge in [-0.05, 0) is 25.0 Å². The zero-order chi connectivity index (χ0) is 21.9. The lowest BCUT2D eigenvalue weighted by molar-refractivity contribution is -0.129. The van der Waals surface area contributed by atoms with E-state index in [9.17, 15) is 9.59 Å². The summed E-state index contributed by atoms with van der Waals surface area (Å²) < 4.78 is 1.84. The molecule has 7 nitrogen and oxygen atoms in total. The van der Waals surface area contributed by atoms with Gasteiger partial charge in [0.25, 0.3) is 0 Å². The molecule has 5 rings (SSSR count). The molecule has 162 valence electrons. The molecule has 0 atom stereocenters. The quantitative estimate of drug-likeness (QED) is 0.487. The third kappa shape index (κ3) is 4.27. The topological polar surface area (TPSA) is 80.1 Å². The van der Waals surface area contributed by atoms with E-state index >= 15 is 0 Å². The molecule has 1 fully saturated rings. The van der Waals surface area contributed by atoms with E-state index < -0.39 is 0 Å². The van der Waals surface area contributed by atoms with Gasteiger partial charge in [-0.15, -0.1) is 11.3 Å². The van der Waals surface area contributed by atoms with E-state index in [4.69, 9.17) is 0 Å². The number of fused-ring (bicyclic) bond motifs is 1. The third-order valence-corrected chi connectivity index (χ3v) is 6.38. The maximum Gasteiger partial charge on any atom is 0.246 e. The lowest BCUT2D eigenvalue weighted by Gasteiger charge is -2.15. The Morgan fingerprint density at radius 2 is 1.72 bits per heavy atom. The van der Waals surface area contributed by atoms with Crippen LogP contribution in [0.4, 0.5) is 5.13 Å². The van der Waals surface area contributed by atoms with Gasteiger partial charge in [-0.2, -0.15) is 0 Å². The summed E-state index contributed by atoms with van der Waals surface area (Å²) in [5, 5.41) is 5.37. The monoisotopic (exact) mass is 445 g/mol. The van der Waals surface area contributed by atoms with Crippen molar-refractivity contribution < 1.29 is 9.59 Å². The Kier molecular flexibility index (Phi) is 5.68. The predicted molar refractivity (Wildman–Crippen MR) is 125 cm³/mol. The maximum atomic E-state index is 12.9. The van der Waals surface area contributed by atoms with Crippen molar-refractivity contribution in [2.75, 3.05) is 18.4 Å². The molecule has 1 aliphatic rings. The molecule has 2 aromatic carbocycles. The van der Waals surface area contributed by atoms with Crippen LogP contribution in [0.15, 0.2) is 60.0 Å². The van der Waals surface area contributed by atoms with Crippen LogP contribution >= 0.6 is 11.3 Å². The zero-order valence-corrected chi connectivity index (χ0v) is 18.3. The van der Waals surface area contributed by atoms with Crippen LogP contribution in [0.1, 0.15) is 18.7 Å². The molecular weight excluding hydrogens is 422 g/mol. The highest BCUT2D eigenvalue weighted by Gasteiger charge is 2.22. The highest BCUT2D eigenvalue weighted by atomic mass is 32.1. The Labute approximate surface area is 189 Å². The standard InChI is InChI=1S/C24H23N5O2S/c30-22(27-24-26-19(16-32-24)17-8-2-1-3-9-17)15-29-20-11-5-4-10-18(20)25-21(29)14-23(31)28-12-6-7-13-28/h1-5,8-11,16H,6-7,12-15H2,(H,26,27,30). The van der Waals surface area contributed by atoms with Crippen molar-refractivity contribution in [1.29, 1.82) is 0 Å². The smallest absolute Gasteiger partial charge is 0.246 e. The van der Waals surface area contributed by atoms with Crippen molar-refractivity contribution in [3.63, 3.8) is 0 Å². The summed E-state index contributed by atoms with van der Waals surface area (Å²) in [5.74, 6) is 0.478. The SMILES string of the molecule is O=C(Cn1c(CC(=O)N2CCCC2)nc2ccccc21)Nc1nc(-c2ccccc2)cs1. The van der Waals surface area contributed by atoms with E-state index in [2.05, 4.69) is 15.3 Å². The number of carbonyl (C=O) groups is 2. The second-order valence-corrected chi connectivity index (χ2v) is 8.68. The van der Waals surface area contributed by atoms with Crippen LogP contribution in [0.25, 0.3) is 22.3 Å². The van der Waals surface area contributed by atoms with Crippen molar-refractivity contribution in [2.24, 2.45) is 0 Å². The zero-order valence-electron chi connectivity index (χ0n) is 17.5. The number of rotatable bonds is 6. The van der Waals surface area contributed by atoms with Crippen molar-refractivity contribution in [2.45, 2.75) is 25.8 Å². The summed E-state index contributed by atoms with van der Waals surface area (Å²) in [5.41, 5.74) is 3.46. The molecule has 3 heterocycles. The van der Waals surface area contributed by atoms with E-state index in [0.717, 1.165) is 48.2 Å². The molecule has 32 heavy (non-hydrogen) atoms. The fourth-order valence-electron chi connectivity index (χ4n) is 4.03. The van der Waals surface area contributed by atoms with Crippen LogP contribution in [-0.4, -0.2) is 44.3 Å². The molecule has 0 radical (unpaired) electrons. The average Bonchev–Trinajstić information content (AvgIpc) is 3.56. The summed E-state index contributed by atoms with van der Waals surface area (Å²) in [7, 11) is 0. The van der Waals surface area contributed by atoms with Crippen molar-refractivity contribution in [3.05, 3.63) is 65.8 Å². The molecule has 4 aromatic rings. The second kappa shape index (κ2) is 8.92. The van der Waals surface area contributed by atoms with Crippen LogP contribution in [0.5, 0.6) is 0 Å². The van der Waals surface area contributed by atoms with Gasteiger partial charge in [-0.1, -0.05) is 42.5 Å². The van der Waals surface area contributed by atoms with Gasteiger partial charge in [-0.3, -0.25) is 9.59 Å². The number of thiazole rings is 1. The number of hydrogen-bond donors (Lipinski definition) is 1. The highest BCUT2D eigenvalue weighted by Crippen LogP contribution is 2.25. The van der Waals surface area contributed by atoms with Crippen molar-refractivity contribution in [3.8, 4) is 11.3 Å². The number of benzene rings is 2. The summed E-state index contributed by atoms with van der Waals surface area (Å²) >= 11 is 1.39. The van der Waals surface area contributed by atoms with Gasteiger partial charge in [0.1, 0.15) is 12.4 Å². The Balaban J connectivity index is 1.34. The van der Waals surface area contributed by atoms with Crippen molar-refractivity contribution >= 4 is 39.3 Å². The predicted octanol–water partition coefficient (Wildman–Crippen LogP) is 3.96. The van der Waals surface area contributed by atoms with E-state index in [-0.39, 0.29) is 24.8 Å². The minimum Gasteiger partial charge on any atom is -0.342 e. The normalized spacial score (nSPS) is 13.6. The number of imidazole rings is 1. The van der Waals surface area contributed by atoms with E-state index in [1.54, 1.807) is 0 Å². The van der Waals surface area contributed by atoms with Gasteiger partial charge in [-0.25, -0.2) is 9.97 Å². The molecule has 2 amide bonds. The van der Waals surface area contributed by atoms with Gasteiger partial charge in [0, 0.05) is 24.0 Å². The first-order chi connectivity index (χ1) is 15.7. The molecule has 1 N–H and O–H groups in total. The Hall–Kier alpha value is -3.52. The maximum absolute atomic E-state index is 12.9. The second-order valence-electron chi connectivity index (χ2n) is 7.82. The summed E-state index contributed by atoms with van der Waals surface area (Å²) in [6.45, 7) is 1.67. The number of amides is 2. The van der Waals surface area contributed by atoms with E-state index in [1.165, 1.54) is 11.3 Å². The fraction of sp³-hybridized carbons (Fsp3) is 0.250. The van der Waals surface area contributed by atoms with Crippen molar-refractivity contribution in [1.82, 2.24) is 19.4 Å². The summed E-state index contributed by atoms with van der Waals surface area (Å²) in [4.78, 5) is 36.7. The molecule has 1 aliphatic heterocycles. The molecule has 0 bridgehead atoms. The van der Waals surface area contributed by atoms with Crippen LogP contribution < -0.4 is 5.32 Å². The number of hydrogen-bond acceptors (Lipinski definition) is 5. The molecule has 8 heteroatoms. The molecule has 0 unspecified atom stereocenters. The number of nitrogens with one attached hydrogen (secondary N) is 1. The Bertz CT molecular complexity index is 1260. The number of para-hydroxylation sites is 2. The van der Waals surface area contributed by atoms with Crippen LogP contribution in [0.2, 0.25) is 0 Å². The third-order valence-electron chi connectivity index (χ3n) is 5.62. The van der Waals surface area contributed by atoms with Gasteiger partial charge in [0.2, 0.25) is 11.8 Å². The largest absolute Gasteiger partial charge is 0.342 e. The van der Waals surface area contributed by atoms with Crippen LogP contribution in [0, 0.1) is 0 Å². The molecule has 1 saturated heterocycles. The highest BCUT2D eigenvalue weighted by molar-refractivity contribution is 7.14. The molecule has 2 aromatic heterocycles. The number of nitrogens with zero attached hydrogens (tertiary/aromatic N) is 4. The van der Waals surface area contributed by atoms with Crippen LogP contribution in [0.3, 0.4) is 0 Å². The minimum atomic E-state index is -0.197. The number of aromatic nitrogens is 3. The van der Waals surface area contributed by atoms with Gasteiger partial charge >= 0.3 is 0 Å². The van der Waals surface area contributed by atoms with Gasteiger partial charge < -0.3 is 14.8 Å². The first kappa shape index (κ1) is 20.4. The average molecular weight is 446 g/mol. The lowest BCUT2D eigenvalue weighted by atomic mass is 10.2. The Morgan fingerprint density at radius 1 is 0.969 bits per heavy atom. The number of likely N-dealkylation sites (tertiary alicyclic amines) is 1. The fourth-order valence-corrected chi connectivity index (χ4v) is 4.76. The number of carbonyl (C=O) groups excluding carboxylic acids is 2. The Morgan fingerprint density at radius 3 is 2.53 bits per heavy atom. The molecule has 0 spiro atoms. The van der Waals surface area contributed by atoms with E-state index in [0.29, 0.717) is 11.0 Å². The van der Waals surface area contributed by atoms with E-state index in [1.807, 2.05) is 69.4 Å². The first-order valence-corrected chi connectivity index (χ1v) is 11.6. The minimum absolute atomic E-state index is 0.0619. The first-order valence-electron chi connectivity index (χ1n) is 10.7.